The summed E-state index contributed by atoms with van der Waals surface area (Å²) in [4.78, 5) is 12.3. The summed E-state index contributed by atoms with van der Waals surface area (Å²) >= 11 is 0. The number of rotatable bonds is 6. The van der Waals surface area contributed by atoms with Crippen molar-refractivity contribution in [2.24, 2.45) is 0 Å². The second-order valence-corrected chi connectivity index (χ2v) is 5.93. The molecule has 0 atom stereocenters. The molecule has 1 aromatic heterocycles. The molecule has 1 amide bonds. The third-order valence-corrected chi connectivity index (χ3v) is 4.02. The van der Waals surface area contributed by atoms with Crippen molar-refractivity contribution in [1.29, 1.82) is 0 Å². The molecule has 140 valence electrons. The van der Waals surface area contributed by atoms with Crippen molar-refractivity contribution in [3.63, 3.8) is 0 Å². The zero-order valence-electron chi connectivity index (χ0n) is 14.8. The summed E-state index contributed by atoms with van der Waals surface area (Å²) in [5, 5.41) is 1.27. The lowest BCUT2D eigenvalue weighted by atomic mass is 10.0. The van der Waals surface area contributed by atoms with Gasteiger partial charge >= 0.3 is 6.61 Å². The number of fused-ring (bicyclic) bond motifs is 1. The van der Waals surface area contributed by atoms with E-state index in [-0.39, 0.29) is 11.4 Å². The van der Waals surface area contributed by atoms with Crippen LogP contribution in [0.2, 0.25) is 0 Å². The summed E-state index contributed by atoms with van der Waals surface area (Å²) in [6.07, 6.45) is 0. The van der Waals surface area contributed by atoms with Gasteiger partial charge in [-0.2, -0.15) is 8.78 Å². The Labute approximate surface area is 154 Å². The monoisotopic (exact) mass is 372 g/mol. The lowest BCUT2D eigenvalue weighted by Gasteiger charge is -2.17. The number of nitrogens with one attached hydrogen (secondary N) is 2. The number of hydrogen-bond donors (Lipinski definition) is 2. The fourth-order valence-electron chi connectivity index (χ4n) is 2.82. The number of amides is 1. The average Bonchev–Trinajstić information content (AvgIpc) is 2.97. The quantitative estimate of drug-likeness (QED) is 0.623. The third-order valence-electron chi connectivity index (χ3n) is 4.02. The van der Waals surface area contributed by atoms with Crippen LogP contribution in [0.3, 0.4) is 0 Å². The van der Waals surface area contributed by atoms with Gasteiger partial charge < -0.3 is 9.15 Å². The molecular formula is C20H18F2N2O3. The van der Waals surface area contributed by atoms with E-state index in [1.54, 1.807) is 56.3 Å². The van der Waals surface area contributed by atoms with E-state index in [0.717, 1.165) is 5.39 Å². The summed E-state index contributed by atoms with van der Waals surface area (Å²) in [6, 6.07) is 12.0. The van der Waals surface area contributed by atoms with Crippen molar-refractivity contribution >= 4 is 22.4 Å². The molecule has 7 heteroatoms. The van der Waals surface area contributed by atoms with Crippen LogP contribution < -0.4 is 15.6 Å². The number of hydrogen-bond acceptors (Lipinski definition) is 4. The maximum absolute atomic E-state index is 12.9. The van der Waals surface area contributed by atoms with Crippen molar-refractivity contribution in [2.75, 3.05) is 0 Å². The van der Waals surface area contributed by atoms with Gasteiger partial charge in [0.15, 0.2) is 0 Å². The van der Waals surface area contributed by atoms with Crippen LogP contribution in [0.25, 0.3) is 16.5 Å². The Morgan fingerprint density at radius 2 is 1.85 bits per heavy atom. The van der Waals surface area contributed by atoms with Gasteiger partial charge in [-0.25, -0.2) is 0 Å². The molecule has 0 saturated heterocycles. The topological polar surface area (TPSA) is 63.5 Å². The summed E-state index contributed by atoms with van der Waals surface area (Å²) < 4.78 is 35.9. The van der Waals surface area contributed by atoms with Crippen molar-refractivity contribution in [1.82, 2.24) is 10.9 Å². The molecule has 0 radical (unpaired) electrons. The van der Waals surface area contributed by atoms with Crippen LogP contribution in [-0.4, -0.2) is 12.5 Å². The van der Waals surface area contributed by atoms with Crippen LogP contribution in [0.1, 0.15) is 27.4 Å². The highest BCUT2D eigenvalue weighted by molar-refractivity contribution is 5.96. The summed E-state index contributed by atoms with van der Waals surface area (Å²) in [5.41, 5.74) is 6.04. The van der Waals surface area contributed by atoms with E-state index in [0.29, 0.717) is 28.0 Å². The Morgan fingerprint density at radius 3 is 2.52 bits per heavy atom. The first-order chi connectivity index (χ1) is 12.9. The Balaban J connectivity index is 1.84. The molecule has 0 unspecified atom stereocenters. The molecule has 0 spiro atoms. The van der Waals surface area contributed by atoms with Gasteiger partial charge in [-0.05, 0) is 31.4 Å². The number of hydrazine groups is 1. The predicted octanol–water partition coefficient (Wildman–Crippen LogP) is 4.56. The third kappa shape index (κ3) is 3.92. The molecule has 2 N–H and O–H groups in total. The molecule has 27 heavy (non-hydrogen) atoms. The number of alkyl halides is 2. The minimum Gasteiger partial charge on any atom is -0.466 e. The highest BCUT2D eigenvalue weighted by atomic mass is 19.3. The summed E-state index contributed by atoms with van der Waals surface area (Å²) in [5.74, 6) is 0.649. The summed E-state index contributed by atoms with van der Waals surface area (Å²) in [7, 11) is 0. The van der Waals surface area contributed by atoms with Gasteiger partial charge in [-0.1, -0.05) is 36.9 Å². The molecule has 0 aliphatic carbocycles. The first-order valence-electron chi connectivity index (χ1n) is 8.16. The first-order valence-corrected chi connectivity index (χ1v) is 8.16. The predicted molar refractivity (Wildman–Crippen MR) is 98.4 cm³/mol. The fraction of sp³-hybridized carbons (Fsp3) is 0.150. The average molecular weight is 372 g/mol. The van der Waals surface area contributed by atoms with Crippen LogP contribution in [0.4, 0.5) is 8.78 Å². The fourth-order valence-corrected chi connectivity index (χ4v) is 2.82. The zero-order chi connectivity index (χ0) is 19.6. The van der Waals surface area contributed by atoms with Crippen molar-refractivity contribution in [3.8, 4) is 5.75 Å². The van der Waals surface area contributed by atoms with Gasteiger partial charge in [0.1, 0.15) is 17.3 Å². The number of carbonyl (C=O) groups excluding carboxylic acids is 1. The van der Waals surface area contributed by atoms with E-state index in [2.05, 4.69) is 17.4 Å². The smallest absolute Gasteiger partial charge is 0.387 e. The van der Waals surface area contributed by atoms with E-state index in [1.807, 2.05) is 0 Å². The van der Waals surface area contributed by atoms with E-state index in [1.165, 1.54) is 0 Å². The van der Waals surface area contributed by atoms with Gasteiger partial charge in [0.25, 0.3) is 5.91 Å². The maximum Gasteiger partial charge on any atom is 0.387 e. The zero-order valence-corrected chi connectivity index (χ0v) is 14.8. The Morgan fingerprint density at radius 1 is 1.11 bits per heavy atom. The molecule has 2 aromatic carbocycles. The molecule has 3 rings (SSSR count). The van der Waals surface area contributed by atoms with E-state index in [9.17, 15) is 13.6 Å². The number of furan rings is 1. The number of benzene rings is 2. The van der Waals surface area contributed by atoms with E-state index in [4.69, 9.17) is 9.15 Å². The van der Waals surface area contributed by atoms with Gasteiger partial charge in [-0.3, -0.25) is 15.6 Å². The molecule has 0 saturated carbocycles. The molecule has 5 nitrogen and oxygen atoms in total. The Hall–Kier alpha value is -3.35. The van der Waals surface area contributed by atoms with Crippen LogP contribution in [0, 0.1) is 13.8 Å². The van der Waals surface area contributed by atoms with Gasteiger partial charge in [0, 0.05) is 10.9 Å². The van der Waals surface area contributed by atoms with Crippen molar-refractivity contribution < 1.29 is 22.7 Å². The molecule has 1 heterocycles. The largest absolute Gasteiger partial charge is 0.466 e. The minimum atomic E-state index is -2.99. The molecule has 0 bridgehead atoms. The second-order valence-electron chi connectivity index (χ2n) is 5.93. The van der Waals surface area contributed by atoms with Gasteiger partial charge in [0.2, 0.25) is 0 Å². The van der Waals surface area contributed by atoms with Crippen molar-refractivity contribution in [2.45, 2.75) is 20.5 Å². The second kappa shape index (κ2) is 7.49. The van der Waals surface area contributed by atoms with Gasteiger partial charge in [0.05, 0.1) is 11.3 Å². The highest BCUT2D eigenvalue weighted by Crippen LogP contribution is 2.34. The SMILES string of the molecule is C=C(NNC(=O)c1cc(C)oc1C)c1ccc2ccccc2c1OC(F)F. The van der Waals surface area contributed by atoms with Crippen LogP contribution in [0.5, 0.6) is 5.75 Å². The molecule has 0 fully saturated rings. The van der Waals surface area contributed by atoms with Crippen molar-refractivity contribution in [3.05, 3.63) is 71.7 Å². The lowest BCUT2D eigenvalue weighted by molar-refractivity contribution is -0.0490. The standard InChI is InChI=1S/C20H18F2N2O3/c1-11-10-17(13(3)26-11)19(25)24-23-12(2)15-9-8-14-6-4-5-7-16(14)18(15)27-20(21)22/h4-10,20,23H,2H2,1,3H3,(H,24,25). The lowest BCUT2D eigenvalue weighted by Crippen LogP contribution is -2.36. The number of halogens is 2. The highest BCUT2D eigenvalue weighted by Gasteiger charge is 2.17. The molecule has 0 aliphatic heterocycles. The number of ether oxygens (including phenoxy) is 1. The van der Waals surface area contributed by atoms with Gasteiger partial charge in [-0.15, -0.1) is 0 Å². The normalized spacial score (nSPS) is 10.9. The first kappa shape index (κ1) is 18.4. The van der Waals surface area contributed by atoms with Crippen LogP contribution >= 0.6 is 0 Å². The molecular weight excluding hydrogens is 354 g/mol. The Bertz CT molecular complexity index is 1010. The molecule has 0 aliphatic rings. The van der Waals surface area contributed by atoms with E-state index < -0.39 is 12.5 Å². The maximum atomic E-state index is 12.9. The van der Waals surface area contributed by atoms with E-state index >= 15 is 0 Å². The summed E-state index contributed by atoms with van der Waals surface area (Å²) in [6.45, 7) is 4.24. The number of carbonyl (C=O) groups is 1. The van der Waals surface area contributed by atoms with Crippen LogP contribution in [0.15, 0.2) is 53.5 Å². The Kier molecular flexibility index (Phi) is 5.12. The minimum absolute atomic E-state index is 0.00909. The molecule has 3 aromatic rings. The number of aryl methyl sites for hydroxylation is 2. The van der Waals surface area contributed by atoms with Crippen LogP contribution in [-0.2, 0) is 0 Å².